The van der Waals surface area contributed by atoms with Gasteiger partial charge in [-0.2, -0.15) is 0 Å². The summed E-state index contributed by atoms with van der Waals surface area (Å²) in [6.07, 6.45) is 4.49. The maximum absolute atomic E-state index is 10.6. The largest absolute Gasteiger partial charge is 0.550 e. The van der Waals surface area contributed by atoms with E-state index in [0.29, 0.717) is 0 Å². The summed E-state index contributed by atoms with van der Waals surface area (Å²) < 4.78 is 0. The minimum atomic E-state index is -0.887. The summed E-state index contributed by atoms with van der Waals surface area (Å²) >= 11 is 0. The van der Waals surface area contributed by atoms with Crippen LogP contribution >= 0.6 is 0 Å². The summed E-state index contributed by atoms with van der Waals surface area (Å²) in [5.74, 6) is -0.895. The van der Waals surface area contributed by atoms with Crippen LogP contribution in [0.4, 0.5) is 0 Å². The molecule has 0 saturated heterocycles. The molecule has 2 atom stereocenters. The Kier molecular flexibility index (Phi) is 1.39. The number of allylic oxidation sites excluding steroid dienone is 2. The fourth-order valence-electron chi connectivity index (χ4n) is 1.93. The van der Waals surface area contributed by atoms with E-state index in [4.69, 9.17) is 0 Å². The summed E-state index contributed by atoms with van der Waals surface area (Å²) in [7, 11) is 0. The molecule has 0 spiro atoms. The molecule has 0 bridgehead atoms. The molecular formula is C10H13O2-. The number of hydrogen-bond donors (Lipinski definition) is 0. The van der Waals surface area contributed by atoms with Crippen molar-refractivity contribution in [3.05, 3.63) is 11.6 Å². The van der Waals surface area contributed by atoms with Crippen LogP contribution in [0.15, 0.2) is 11.6 Å². The molecule has 2 aliphatic carbocycles. The van der Waals surface area contributed by atoms with Crippen molar-refractivity contribution in [2.24, 2.45) is 17.3 Å². The van der Waals surface area contributed by atoms with E-state index in [1.54, 1.807) is 0 Å². The van der Waals surface area contributed by atoms with Crippen LogP contribution < -0.4 is 5.11 Å². The van der Waals surface area contributed by atoms with Crippen molar-refractivity contribution in [1.29, 1.82) is 0 Å². The van der Waals surface area contributed by atoms with Gasteiger partial charge in [0, 0.05) is 11.9 Å². The molecule has 0 N–H and O–H groups in total. The Morgan fingerprint density at radius 1 is 1.58 bits per heavy atom. The van der Waals surface area contributed by atoms with Crippen molar-refractivity contribution >= 4 is 5.97 Å². The first-order chi connectivity index (χ1) is 5.53. The molecule has 66 valence electrons. The monoisotopic (exact) mass is 165 g/mol. The molecule has 2 nitrogen and oxygen atoms in total. The van der Waals surface area contributed by atoms with E-state index in [0.717, 1.165) is 0 Å². The van der Waals surface area contributed by atoms with Crippen molar-refractivity contribution in [3.63, 3.8) is 0 Å². The lowest BCUT2D eigenvalue weighted by atomic mass is 10.1. The molecule has 0 aliphatic heterocycles. The van der Waals surface area contributed by atoms with Crippen LogP contribution in [0.3, 0.4) is 0 Å². The Hall–Kier alpha value is -0.790. The minimum Gasteiger partial charge on any atom is -0.550 e. The maximum atomic E-state index is 10.6. The van der Waals surface area contributed by atoms with Gasteiger partial charge < -0.3 is 9.90 Å². The Balaban J connectivity index is 2.10. The molecule has 2 saturated carbocycles. The van der Waals surface area contributed by atoms with Gasteiger partial charge in [0.15, 0.2) is 0 Å². The second-order valence-electron chi connectivity index (χ2n) is 4.47. The molecular weight excluding hydrogens is 152 g/mol. The molecule has 0 aromatic carbocycles. The highest BCUT2D eigenvalue weighted by atomic mass is 16.4. The van der Waals surface area contributed by atoms with Crippen molar-refractivity contribution in [2.45, 2.75) is 26.7 Å². The van der Waals surface area contributed by atoms with Gasteiger partial charge in [-0.25, -0.2) is 0 Å². The van der Waals surface area contributed by atoms with Crippen molar-refractivity contribution < 1.29 is 9.90 Å². The Labute approximate surface area is 72.3 Å². The molecule has 2 rings (SSSR count). The molecule has 0 radical (unpaired) electrons. The van der Waals surface area contributed by atoms with Crippen LogP contribution in [0.2, 0.25) is 0 Å². The Bertz CT molecular complexity index is 257. The average molecular weight is 165 g/mol. The molecule has 0 aromatic heterocycles. The molecule has 2 fully saturated rings. The number of rotatable bonds is 2. The number of carbonyl (C=O) groups is 1. The van der Waals surface area contributed by atoms with Crippen molar-refractivity contribution in [1.82, 2.24) is 0 Å². The van der Waals surface area contributed by atoms with Gasteiger partial charge in [0.1, 0.15) is 0 Å². The van der Waals surface area contributed by atoms with Crippen molar-refractivity contribution in [2.75, 3.05) is 0 Å². The zero-order valence-corrected chi connectivity index (χ0v) is 7.46. The number of carbonyl (C=O) groups excluding carboxylic acids is 1. The molecule has 0 heterocycles. The number of carboxylic acid groups (broad SMARTS) is 1. The highest BCUT2D eigenvalue weighted by Gasteiger charge is 2.57. The van der Waals surface area contributed by atoms with Crippen molar-refractivity contribution in [3.8, 4) is 0 Å². The summed E-state index contributed by atoms with van der Waals surface area (Å²) in [4.78, 5) is 10.6. The first-order valence-electron chi connectivity index (χ1n) is 4.44. The standard InChI is InChI=1S/C10H14O2/c1-10(2)7(5-6-3-4-6)8(10)9(11)12/h5,7-8H,3-4H2,1-2H3,(H,11,12)/p-1. The van der Waals surface area contributed by atoms with E-state index in [-0.39, 0.29) is 17.3 Å². The fourth-order valence-corrected chi connectivity index (χ4v) is 1.93. The minimum absolute atomic E-state index is 0.0611. The van der Waals surface area contributed by atoms with E-state index >= 15 is 0 Å². The van der Waals surface area contributed by atoms with Gasteiger partial charge in [-0.15, -0.1) is 0 Å². The van der Waals surface area contributed by atoms with E-state index in [1.807, 2.05) is 13.8 Å². The summed E-state index contributed by atoms with van der Waals surface area (Å²) in [5, 5.41) is 10.6. The summed E-state index contributed by atoms with van der Waals surface area (Å²) in [6, 6.07) is 0. The van der Waals surface area contributed by atoms with E-state index < -0.39 is 5.97 Å². The van der Waals surface area contributed by atoms with E-state index in [1.165, 1.54) is 18.4 Å². The number of carboxylic acids is 1. The predicted octanol–water partition coefficient (Wildman–Crippen LogP) is 0.729. The van der Waals surface area contributed by atoms with Gasteiger partial charge in [0.2, 0.25) is 0 Å². The van der Waals surface area contributed by atoms with Gasteiger partial charge >= 0.3 is 0 Å². The maximum Gasteiger partial charge on any atom is 0.0456 e. The van der Waals surface area contributed by atoms with Gasteiger partial charge in [0.25, 0.3) is 0 Å². The zero-order valence-electron chi connectivity index (χ0n) is 7.46. The molecule has 12 heavy (non-hydrogen) atoms. The molecule has 2 heteroatoms. The molecule has 0 amide bonds. The van der Waals surface area contributed by atoms with Gasteiger partial charge in [-0.05, 0) is 24.2 Å². The van der Waals surface area contributed by atoms with Crippen LogP contribution in [-0.2, 0) is 4.79 Å². The van der Waals surface area contributed by atoms with Crippen LogP contribution in [0.25, 0.3) is 0 Å². The second kappa shape index (κ2) is 2.12. The average Bonchev–Trinajstić information content (AvgIpc) is 2.75. The van der Waals surface area contributed by atoms with Gasteiger partial charge in [-0.3, -0.25) is 0 Å². The molecule has 2 unspecified atom stereocenters. The second-order valence-corrected chi connectivity index (χ2v) is 4.47. The number of hydrogen-bond acceptors (Lipinski definition) is 2. The number of aliphatic carboxylic acids is 1. The van der Waals surface area contributed by atoms with Crippen LogP contribution in [0, 0.1) is 17.3 Å². The molecule has 2 aliphatic rings. The Morgan fingerprint density at radius 2 is 2.17 bits per heavy atom. The highest BCUT2D eigenvalue weighted by Crippen LogP contribution is 2.59. The quantitative estimate of drug-likeness (QED) is 0.566. The van der Waals surface area contributed by atoms with Gasteiger partial charge in [0.05, 0.1) is 0 Å². The summed E-state index contributed by atoms with van der Waals surface area (Å²) in [5.41, 5.74) is 1.37. The molecule has 0 aromatic rings. The Morgan fingerprint density at radius 3 is 2.50 bits per heavy atom. The SMILES string of the molecule is CC1(C)C(C=C2CC2)C1C(=O)[O-]. The first-order valence-corrected chi connectivity index (χ1v) is 4.44. The smallest absolute Gasteiger partial charge is 0.0456 e. The van der Waals surface area contributed by atoms with Crippen LogP contribution in [-0.4, -0.2) is 5.97 Å². The normalized spacial score (nSPS) is 36.0. The fraction of sp³-hybridized carbons (Fsp3) is 0.700. The van der Waals surface area contributed by atoms with Gasteiger partial charge in [-0.1, -0.05) is 25.5 Å². The predicted molar refractivity (Wildman–Crippen MR) is 43.1 cm³/mol. The topological polar surface area (TPSA) is 40.1 Å². The van der Waals surface area contributed by atoms with Crippen LogP contribution in [0.1, 0.15) is 26.7 Å². The lowest BCUT2D eigenvalue weighted by Gasteiger charge is -2.01. The highest BCUT2D eigenvalue weighted by molar-refractivity contribution is 5.74. The third kappa shape index (κ3) is 1.06. The lowest BCUT2D eigenvalue weighted by Crippen LogP contribution is -2.26. The lowest BCUT2D eigenvalue weighted by molar-refractivity contribution is -0.308. The summed E-state index contributed by atoms with van der Waals surface area (Å²) in [6.45, 7) is 4.00. The van der Waals surface area contributed by atoms with Crippen LogP contribution in [0.5, 0.6) is 0 Å². The third-order valence-electron chi connectivity index (χ3n) is 3.12. The zero-order chi connectivity index (χ0) is 8.93. The van der Waals surface area contributed by atoms with E-state index in [2.05, 4.69) is 6.08 Å². The third-order valence-corrected chi connectivity index (χ3v) is 3.12. The first kappa shape index (κ1) is 7.84. The van der Waals surface area contributed by atoms with E-state index in [9.17, 15) is 9.90 Å².